The molecule has 0 spiro atoms. The van der Waals surface area contributed by atoms with Gasteiger partial charge < -0.3 is 4.74 Å². The van der Waals surface area contributed by atoms with Gasteiger partial charge in [-0.15, -0.1) is 11.3 Å². The summed E-state index contributed by atoms with van der Waals surface area (Å²) in [5, 5.41) is 2.04. The van der Waals surface area contributed by atoms with E-state index in [1.165, 1.54) is 12.0 Å². The Morgan fingerprint density at radius 2 is 2.14 bits per heavy atom. The lowest BCUT2D eigenvalue weighted by Crippen LogP contribution is -2.26. The third-order valence-electron chi connectivity index (χ3n) is 2.97. The van der Waals surface area contributed by atoms with Gasteiger partial charge in [0.1, 0.15) is 10.6 Å². The van der Waals surface area contributed by atoms with Crippen LogP contribution in [0.4, 0.5) is 0 Å². The molecule has 0 amide bonds. The van der Waals surface area contributed by atoms with Crippen molar-refractivity contribution in [3.05, 3.63) is 46.2 Å². The van der Waals surface area contributed by atoms with Gasteiger partial charge in [-0.05, 0) is 36.1 Å². The molecule has 1 heterocycles. The van der Waals surface area contributed by atoms with Gasteiger partial charge in [-0.1, -0.05) is 12.1 Å². The number of sulfonamides is 1. The van der Waals surface area contributed by atoms with Crippen molar-refractivity contribution in [1.29, 1.82) is 0 Å². The summed E-state index contributed by atoms with van der Waals surface area (Å²) in [6.45, 7) is 2.25. The Morgan fingerprint density at radius 3 is 2.82 bits per heavy atom. The van der Waals surface area contributed by atoms with Crippen LogP contribution >= 0.6 is 23.1 Å². The van der Waals surface area contributed by atoms with Crippen molar-refractivity contribution in [2.45, 2.75) is 17.6 Å². The maximum absolute atomic E-state index is 12.4. The van der Waals surface area contributed by atoms with Crippen LogP contribution in [0, 0.1) is 6.92 Å². The molecule has 0 saturated heterocycles. The Morgan fingerprint density at radius 1 is 1.32 bits per heavy atom. The molecule has 1 aromatic heterocycles. The molecule has 0 saturated carbocycles. The molecular weight excluding hydrogens is 338 g/mol. The molecule has 0 radical (unpaired) electrons. The zero-order valence-corrected chi connectivity index (χ0v) is 15.0. The van der Waals surface area contributed by atoms with Gasteiger partial charge in [0.2, 0.25) is 10.0 Å². The molecule has 0 atom stereocenters. The van der Waals surface area contributed by atoms with E-state index in [0.29, 0.717) is 12.3 Å². The van der Waals surface area contributed by atoms with E-state index in [-0.39, 0.29) is 4.90 Å². The number of hydrogen-bond acceptors (Lipinski definition) is 5. The highest BCUT2D eigenvalue weighted by molar-refractivity contribution is 7.98. The van der Waals surface area contributed by atoms with E-state index in [9.17, 15) is 8.42 Å². The van der Waals surface area contributed by atoms with Crippen LogP contribution in [-0.2, 0) is 15.8 Å². The molecule has 120 valence electrons. The van der Waals surface area contributed by atoms with Crippen molar-refractivity contribution in [3.8, 4) is 5.75 Å². The highest BCUT2D eigenvalue weighted by atomic mass is 32.2. The summed E-state index contributed by atoms with van der Waals surface area (Å²) in [6, 6.07) is 9.23. The molecule has 0 aliphatic rings. The van der Waals surface area contributed by atoms with Crippen molar-refractivity contribution in [3.63, 3.8) is 0 Å². The molecule has 0 aliphatic heterocycles. The number of thiophene rings is 1. The number of methoxy groups -OCH3 is 1. The lowest BCUT2D eigenvalue weighted by atomic mass is 10.2. The van der Waals surface area contributed by atoms with Crippen molar-refractivity contribution < 1.29 is 13.2 Å². The normalized spacial score (nSPS) is 11.5. The average Bonchev–Trinajstić information content (AvgIpc) is 3.00. The monoisotopic (exact) mass is 357 g/mol. The summed E-state index contributed by atoms with van der Waals surface area (Å²) >= 11 is 3.43. The van der Waals surface area contributed by atoms with E-state index >= 15 is 0 Å². The lowest BCUT2D eigenvalue weighted by Gasteiger charge is -2.11. The zero-order chi connectivity index (χ0) is 16.0. The number of benzene rings is 1. The molecule has 1 aromatic carbocycles. The van der Waals surface area contributed by atoms with Crippen molar-refractivity contribution in [2.24, 2.45) is 0 Å². The number of aryl methyl sites for hydroxylation is 1. The van der Waals surface area contributed by atoms with Crippen LogP contribution in [0.2, 0.25) is 0 Å². The van der Waals surface area contributed by atoms with E-state index in [2.05, 4.69) is 10.8 Å². The van der Waals surface area contributed by atoms with Crippen LogP contribution < -0.4 is 9.46 Å². The minimum Gasteiger partial charge on any atom is -0.495 e. The van der Waals surface area contributed by atoms with Crippen LogP contribution in [0.15, 0.2) is 40.6 Å². The minimum atomic E-state index is -3.55. The number of thioether (sulfide) groups is 1. The van der Waals surface area contributed by atoms with Gasteiger partial charge >= 0.3 is 0 Å². The van der Waals surface area contributed by atoms with Gasteiger partial charge in [0.15, 0.2) is 0 Å². The van der Waals surface area contributed by atoms with Crippen LogP contribution in [0.1, 0.15) is 10.4 Å². The predicted octanol–water partition coefficient (Wildman–Crippen LogP) is 3.28. The maximum Gasteiger partial charge on any atom is 0.244 e. The second kappa shape index (κ2) is 8.01. The van der Waals surface area contributed by atoms with E-state index in [4.69, 9.17) is 4.74 Å². The van der Waals surface area contributed by atoms with Crippen molar-refractivity contribution >= 4 is 33.1 Å². The van der Waals surface area contributed by atoms with E-state index in [1.807, 2.05) is 24.4 Å². The van der Waals surface area contributed by atoms with E-state index in [0.717, 1.165) is 17.1 Å². The molecule has 0 aliphatic carbocycles. The van der Waals surface area contributed by atoms with Gasteiger partial charge in [0.25, 0.3) is 0 Å². The number of nitrogens with one attached hydrogen (secondary N) is 1. The Bertz CT molecular complexity index is 697. The summed E-state index contributed by atoms with van der Waals surface area (Å²) in [5.74, 6) is 2.00. The molecule has 0 bridgehead atoms. The maximum atomic E-state index is 12.4. The quantitative estimate of drug-likeness (QED) is 0.737. The third kappa shape index (κ3) is 4.74. The van der Waals surface area contributed by atoms with Crippen molar-refractivity contribution in [1.82, 2.24) is 4.72 Å². The zero-order valence-electron chi connectivity index (χ0n) is 12.5. The topological polar surface area (TPSA) is 55.4 Å². The molecule has 4 nitrogen and oxygen atoms in total. The molecule has 7 heteroatoms. The minimum absolute atomic E-state index is 0.193. The first-order valence-corrected chi connectivity index (χ1v) is 10.3. The van der Waals surface area contributed by atoms with Gasteiger partial charge in [-0.3, -0.25) is 0 Å². The smallest absolute Gasteiger partial charge is 0.244 e. The fourth-order valence-electron chi connectivity index (χ4n) is 1.89. The second-order valence-electron chi connectivity index (χ2n) is 4.68. The lowest BCUT2D eigenvalue weighted by molar-refractivity contribution is 0.402. The number of ether oxygens (including phenoxy) is 1. The summed E-state index contributed by atoms with van der Waals surface area (Å²) in [7, 11) is -2.07. The fraction of sp³-hybridized carbons (Fsp3) is 0.333. The summed E-state index contributed by atoms with van der Waals surface area (Å²) in [5.41, 5.74) is 0.883. The second-order valence-corrected chi connectivity index (χ2v) is 8.56. The predicted molar refractivity (Wildman–Crippen MR) is 93.4 cm³/mol. The first kappa shape index (κ1) is 17.3. The highest BCUT2D eigenvalue weighted by Gasteiger charge is 2.18. The Kier molecular flexibility index (Phi) is 6.31. The molecule has 1 N–H and O–H groups in total. The number of hydrogen-bond donors (Lipinski definition) is 1. The van der Waals surface area contributed by atoms with Crippen LogP contribution in [-0.4, -0.2) is 27.8 Å². The molecule has 0 unspecified atom stereocenters. The first-order chi connectivity index (χ1) is 10.5. The van der Waals surface area contributed by atoms with E-state index < -0.39 is 10.0 Å². The third-order valence-corrected chi connectivity index (χ3v) is 6.52. The summed E-state index contributed by atoms with van der Waals surface area (Å²) in [6.07, 6.45) is 0. The average molecular weight is 358 g/mol. The van der Waals surface area contributed by atoms with Crippen molar-refractivity contribution in [2.75, 3.05) is 19.4 Å². The molecule has 0 fully saturated rings. The Labute approximate surface area is 140 Å². The van der Waals surface area contributed by atoms with E-state index in [1.54, 1.807) is 35.2 Å². The first-order valence-electron chi connectivity index (χ1n) is 6.77. The SMILES string of the molecule is COc1ccc(C)cc1S(=O)(=O)NCCSCc1cccs1. The van der Waals surface area contributed by atoms with Gasteiger partial charge in [-0.2, -0.15) is 11.8 Å². The summed E-state index contributed by atoms with van der Waals surface area (Å²) < 4.78 is 32.5. The highest BCUT2D eigenvalue weighted by Crippen LogP contribution is 2.24. The van der Waals surface area contributed by atoms with Crippen LogP contribution in [0.5, 0.6) is 5.75 Å². The van der Waals surface area contributed by atoms with Gasteiger partial charge in [-0.25, -0.2) is 13.1 Å². The Hall–Kier alpha value is -1.02. The van der Waals surface area contributed by atoms with Gasteiger partial charge in [0.05, 0.1) is 7.11 Å². The Balaban J connectivity index is 1.89. The van der Waals surface area contributed by atoms with Gasteiger partial charge in [0, 0.05) is 22.9 Å². The fourth-order valence-corrected chi connectivity index (χ4v) is 5.00. The molecular formula is C15H19NO3S3. The largest absolute Gasteiger partial charge is 0.495 e. The summed E-state index contributed by atoms with van der Waals surface area (Å²) in [4.78, 5) is 1.49. The standard InChI is InChI=1S/C15H19NO3S3/c1-12-5-6-14(19-2)15(10-12)22(17,18)16-7-9-20-11-13-4-3-8-21-13/h3-6,8,10,16H,7,9,11H2,1-2H3. The number of rotatable bonds is 8. The molecule has 2 rings (SSSR count). The van der Waals surface area contributed by atoms with Crippen LogP contribution in [0.3, 0.4) is 0 Å². The molecule has 2 aromatic rings. The molecule has 22 heavy (non-hydrogen) atoms. The van der Waals surface area contributed by atoms with Crippen LogP contribution in [0.25, 0.3) is 0 Å².